The molecule has 1 amide bonds. The number of piperidine rings is 1. The van der Waals surface area contributed by atoms with Crippen LogP contribution in [0.4, 0.5) is 16.0 Å². The maximum absolute atomic E-state index is 12.9. The lowest BCUT2D eigenvalue weighted by molar-refractivity contribution is -0.120. The van der Waals surface area contributed by atoms with Gasteiger partial charge in [0.15, 0.2) is 0 Å². The molecule has 2 heterocycles. The minimum Gasteiger partial charge on any atom is -0.368 e. The van der Waals surface area contributed by atoms with Crippen LogP contribution in [-0.2, 0) is 11.2 Å². The Labute approximate surface area is 159 Å². The molecule has 0 spiro atoms. The van der Waals surface area contributed by atoms with E-state index in [0.717, 1.165) is 36.1 Å². The van der Waals surface area contributed by atoms with Crippen LogP contribution >= 0.6 is 0 Å². The molecule has 1 aliphatic rings. The number of nitrogens with one attached hydrogen (secondary N) is 2. The lowest BCUT2D eigenvalue weighted by atomic mass is 10.1. The van der Waals surface area contributed by atoms with Gasteiger partial charge in [0.1, 0.15) is 23.3 Å². The summed E-state index contributed by atoms with van der Waals surface area (Å²) >= 11 is 0. The summed E-state index contributed by atoms with van der Waals surface area (Å²) in [5.41, 5.74) is 0.791. The highest BCUT2D eigenvalue weighted by atomic mass is 19.1. The van der Waals surface area contributed by atoms with E-state index in [-0.39, 0.29) is 18.1 Å². The van der Waals surface area contributed by atoms with E-state index in [1.54, 1.807) is 12.1 Å². The van der Waals surface area contributed by atoms with Crippen LogP contribution in [0, 0.1) is 12.7 Å². The summed E-state index contributed by atoms with van der Waals surface area (Å²) < 4.78 is 12.9. The van der Waals surface area contributed by atoms with Crippen LogP contribution in [-0.4, -0.2) is 42.1 Å². The second-order valence-corrected chi connectivity index (χ2v) is 6.79. The second kappa shape index (κ2) is 9.30. The molecule has 6 nitrogen and oxygen atoms in total. The molecule has 0 atom stereocenters. The van der Waals surface area contributed by atoms with E-state index in [2.05, 4.69) is 25.5 Å². The Morgan fingerprint density at radius 1 is 1.11 bits per heavy atom. The van der Waals surface area contributed by atoms with Crippen molar-refractivity contribution >= 4 is 17.5 Å². The number of benzene rings is 1. The second-order valence-electron chi connectivity index (χ2n) is 6.79. The smallest absolute Gasteiger partial charge is 0.224 e. The molecule has 3 rings (SSSR count). The molecule has 2 N–H and O–H groups in total. The van der Waals surface area contributed by atoms with Crippen molar-refractivity contribution in [2.24, 2.45) is 0 Å². The van der Waals surface area contributed by atoms with Gasteiger partial charge in [0.2, 0.25) is 5.91 Å². The van der Waals surface area contributed by atoms with Crippen LogP contribution in [0.2, 0.25) is 0 Å². The summed E-state index contributed by atoms with van der Waals surface area (Å²) in [5, 5.41) is 6.11. The summed E-state index contributed by atoms with van der Waals surface area (Å²) in [4.78, 5) is 23.2. The van der Waals surface area contributed by atoms with Gasteiger partial charge in [-0.05, 0) is 43.9 Å². The van der Waals surface area contributed by atoms with Gasteiger partial charge in [-0.15, -0.1) is 0 Å². The number of carbonyl (C=O) groups is 1. The number of aromatic nitrogens is 2. The van der Waals surface area contributed by atoms with E-state index in [1.165, 1.54) is 31.4 Å². The molecular weight excluding hydrogens is 345 g/mol. The predicted octanol–water partition coefficient (Wildman–Crippen LogP) is 2.69. The Morgan fingerprint density at radius 2 is 1.85 bits per heavy atom. The summed E-state index contributed by atoms with van der Waals surface area (Å²) in [7, 11) is 0. The summed E-state index contributed by atoms with van der Waals surface area (Å²) in [6.07, 6.45) is 3.92. The standard InChI is InChI=1S/C20H26FN5O/c1-15-24-18(14-19(25-15)26-11-3-2-4-12-26)22-9-10-23-20(27)13-16-5-7-17(21)8-6-16/h5-8,14H,2-4,9-13H2,1H3,(H,23,27)(H,22,24,25). The van der Waals surface area contributed by atoms with Gasteiger partial charge in [0, 0.05) is 32.2 Å². The first-order valence-corrected chi connectivity index (χ1v) is 9.46. The van der Waals surface area contributed by atoms with Crippen molar-refractivity contribution in [2.45, 2.75) is 32.6 Å². The van der Waals surface area contributed by atoms with Crippen molar-refractivity contribution in [2.75, 3.05) is 36.4 Å². The van der Waals surface area contributed by atoms with E-state index in [0.29, 0.717) is 13.1 Å². The Bertz CT molecular complexity index is 759. The minimum absolute atomic E-state index is 0.0868. The van der Waals surface area contributed by atoms with E-state index in [1.807, 2.05) is 13.0 Å². The number of hydrogen-bond donors (Lipinski definition) is 2. The molecule has 1 fully saturated rings. The lowest BCUT2D eigenvalue weighted by Gasteiger charge is -2.28. The highest BCUT2D eigenvalue weighted by Crippen LogP contribution is 2.20. The average Bonchev–Trinajstić information content (AvgIpc) is 2.67. The topological polar surface area (TPSA) is 70.2 Å². The predicted molar refractivity (Wildman–Crippen MR) is 104 cm³/mol. The van der Waals surface area contributed by atoms with Gasteiger partial charge in [0.05, 0.1) is 6.42 Å². The SMILES string of the molecule is Cc1nc(NCCNC(=O)Cc2ccc(F)cc2)cc(N2CCCCC2)n1. The number of hydrogen-bond acceptors (Lipinski definition) is 5. The first kappa shape index (κ1) is 19.1. The number of nitrogens with zero attached hydrogens (tertiary/aromatic N) is 3. The number of carbonyl (C=O) groups excluding carboxylic acids is 1. The number of aryl methyl sites for hydroxylation is 1. The number of amides is 1. The molecule has 1 aromatic carbocycles. The maximum atomic E-state index is 12.9. The third-order valence-electron chi connectivity index (χ3n) is 4.54. The molecular formula is C20H26FN5O. The molecule has 7 heteroatoms. The van der Waals surface area contributed by atoms with Crippen molar-refractivity contribution in [3.05, 3.63) is 47.5 Å². The van der Waals surface area contributed by atoms with Crippen LogP contribution in [0.25, 0.3) is 0 Å². The van der Waals surface area contributed by atoms with E-state index >= 15 is 0 Å². The van der Waals surface area contributed by atoms with Crippen molar-refractivity contribution < 1.29 is 9.18 Å². The quantitative estimate of drug-likeness (QED) is 0.733. The van der Waals surface area contributed by atoms with Crippen LogP contribution in [0.15, 0.2) is 30.3 Å². The molecule has 144 valence electrons. The van der Waals surface area contributed by atoms with Crippen molar-refractivity contribution in [1.82, 2.24) is 15.3 Å². The third-order valence-corrected chi connectivity index (χ3v) is 4.54. The highest BCUT2D eigenvalue weighted by molar-refractivity contribution is 5.78. The molecule has 1 saturated heterocycles. The molecule has 0 bridgehead atoms. The Kier molecular flexibility index (Phi) is 6.57. The molecule has 2 aromatic rings. The largest absolute Gasteiger partial charge is 0.368 e. The van der Waals surface area contributed by atoms with Gasteiger partial charge in [-0.25, -0.2) is 14.4 Å². The molecule has 0 unspecified atom stereocenters. The number of halogens is 1. The van der Waals surface area contributed by atoms with Gasteiger partial charge in [-0.3, -0.25) is 4.79 Å². The highest BCUT2D eigenvalue weighted by Gasteiger charge is 2.13. The number of rotatable bonds is 7. The van der Waals surface area contributed by atoms with Gasteiger partial charge in [0.25, 0.3) is 0 Å². The third kappa shape index (κ3) is 5.91. The molecule has 1 aromatic heterocycles. The van der Waals surface area contributed by atoms with Gasteiger partial charge in [-0.1, -0.05) is 12.1 Å². The zero-order chi connectivity index (χ0) is 19.1. The van der Waals surface area contributed by atoms with E-state index in [4.69, 9.17) is 0 Å². The zero-order valence-electron chi connectivity index (χ0n) is 15.7. The van der Waals surface area contributed by atoms with E-state index in [9.17, 15) is 9.18 Å². The van der Waals surface area contributed by atoms with Gasteiger partial charge in [-0.2, -0.15) is 0 Å². The van der Waals surface area contributed by atoms with Crippen molar-refractivity contribution in [3.63, 3.8) is 0 Å². The normalized spacial score (nSPS) is 14.1. The summed E-state index contributed by atoms with van der Waals surface area (Å²) in [6, 6.07) is 7.94. The summed E-state index contributed by atoms with van der Waals surface area (Å²) in [5.74, 6) is 2.09. The fourth-order valence-corrected chi connectivity index (χ4v) is 3.17. The van der Waals surface area contributed by atoms with Crippen LogP contribution < -0.4 is 15.5 Å². The van der Waals surface area contributed by atoms with Crippen LogP contribution in [0.1, 0.15) is 30.7 Å². The van der Waals surface area contributed by atoms with Crippen molar-refractivity contribution in [1.29, 1.82) is 0 Å². The summed E-state index contributed by atoms with van der Waals surface area (Å²) in [6.45, 7) is 5.03. The molecule has 0 saturated carbocycles. The Hall–Kier alpha value is -2.70. The van der Waals surface area contributed by atoms with Gasteiger partial charge >= 0.3 is 0 Å². The monoisotopic (exact) mass is 371 g/mol. The van der Waals surface area contributed by atoms with Crippen LogP contribution in [0.5, 0.6) is 0 Å². The van der Waals surface area contributed by atoms with Crippen LogP contribution in [0.3, 0.4) is 0 Å². The Morgan fingerprint density at radius 3 is 2.59 bits per heavy atom. The fraction of sp³-hybridized carbons (Fsp3) is 0.450. The molecule has 0 radical (unpaired) electrons. The number of anilines is 2. The minimum atomic E-state index is -0.299. The lowest BCUT2D eigenvalue weighted by Crippen LogP contribution is -2.31. The van der Waals surface area contributed by atoms with Crippen molar-refractivity contribution in [3.8, 4) is 0 Å². The first-order chi connectivity index (χ1) is 13.1. The fourth-order valence-electron chi connectivity index (χ4n) is 3.17. The molecule has 1 aliphatic heterocycles. The molecule has 27 heavy (non-hydrogen) atoms. The zero-order valence-corrected chi connectivity index (χ0v) is 15.7. The molecule has 0 aliphatic carbocycles. The maximum Gasteiger partial charge on any atom is 0.224 e. The average molecular weight is 371 g/mol. The first-order valence-electron chi connectivity index (χ1n) is 9.46. The van der Waals surface area contributed by atoms with Gasteiger partial charge < -0.3 is 15.5 Å². The Balaban J connectivity index is 1.45. The van der Waals surface area contributed by atoms with E-state index < -0.39 is 0 Å².